The summed E-state index contributed by atoms with van der Waals surface area (Å²) in [7, 11) is 7.01. The van der Waals surface area contributed by atoms with Crippen LogP contribution in [0.5, 0.6) is 0 Å². The van der Waals surface area contributed by atoms with Crippen molar-refractivity contribution < 1.29 is 133 Å². The molecule has 5 amide bonds. The van der Waals surface area contributed by atoms with E-state index in [9.17, 15) is 47.9 Å². The number of unbranched alkanes of at least 4 members (excludes halogenated alkanes) is 5. The summed E-state index contributed by atoms with van der Waals surface area (Å²) in [5.41, 5.74) is 14.7. The molecule has 0 radical (unpaired) electrons. The van der Waals surface area contributed by atoms with Gasteiger partial charge in [-0.3, -0.25) is 24.0 Å². The molecule has 0 aromatic heterocycles. The van der Waals surface area contributed by atoms with Crippen molar-refractivity contribution in [2.24, 2.45) is 11.5 Å². The number of ether oxygens (including phenoxy) is 6. The predicted molar refractivity (Wildman–Crippen MR) is 538 cm³/mol. The Labute approximate surface area is 845 Å². The molecule has 0 bridgehead atoms. The second-order valence-electron chi connectivity index (χ2n) is 33.7. The fourth-order valence-corrected chi connectivity index (χ4v) is 13.1. The Balaban J connectivity index is -0.000000221. The number of hydrogen-bond acceptors (Lipinski definition) is 24. The summed E-state index contributed by atoms with van der Waals surface area (Å²) >= 11 is 13.3. The normalized spacial score (nSPS) is 10.4. The minimum atomic E-state index is -1.06. The second-order valence-corrected chi connectivity index (χ2v) is 39.4. The quantitative estimate of drug-likeness (QED) is 0.00321. The Morgan fingerprint density at radius 1 is 0.359 bits per heavy atom. The number of rotatable bonds is 35. The van der Waals surface area contributed by atoms with Gasteiger partial charge in [-0.2, -0.15) is 0 Å². The van der Waals surface area contributed by atoms with E-state index in [4.69, 9.17) is 35.2 Å². The molecule has 0 saturated heterocycles. The minimum absolute atomic E-state index is 0. The van der Waals surface area contributed by atoms with Crippen molar-refractivity contribution in [3.05, 3.63) is 149 Å². The molecule has 0 saturated carbocycles. The van der Waals surface area contributed by atoms with Crippen molar-refractivity contribution in [3.8, 4) is 0 Å². The number of carbonyl (C=O) groups excluding carboxylic acids is 10. The van der Waals surface area contributed by atoms with E-state index in [1.54, 1.807) is 124 Å². The van der Waals surface area contributed by atoms with Gasteiger partial charge in [0, 0.05) is 108 Å². The van der Waals surface area contributed by atoms with E-state index in [-0.39, 0.29) is 133 Å². The average Bonchev–Trinajstić information content (AvgIpc) is 0.894. The first kappa shape index (κ1) is 138. The van der Waals surface area contributed by atoms with E-state index in [0.29, 0.717) is 38.9 Å². The van der Waals surface area contributed by atoms with E-state index >= 15 is 0 Å². The molecule has 726 valence electrons. The molecule has 0 aliphatic heterocycles. The Hall–Kier alpha value is -5.65. The van der Waals surface area contributed by atoms with Crippen molar-refractivity contribution in [2.75, 3.05) is 77.8 Å². The topological polar surface area (TPSA) is 351 Å². The van der Waals surface area contributed by atoms with Gasteiger partial charge in [0.25, 0.3) is 10.5 Å². The number of nitrogens with two attached hydrogens (primary N) is 2. The summed E-state index contributed by atoms with van der Waals surface area (Å²) in [6.07, 6.45) is 14.1. The Morgan fingerprint density at radius 2 is 0.586 bits per heavy atom. The van der Waals surface area contributed by atoms with Gasteiger partial charge in [0.05, 0.1) is 0 Å². The SMILES string of the molecule is C.C.C.C.CC(=O)CCBr.CC(=O)CCSc1ccc(CCCCN)cc1.CC(=O)CCSc1ccc(CCCCNC(=O)OC(C)(C)C)cc1.CC(C)(C)OC(=O)NCCCCc1ccc(S)cc1.CC(C)(C)OC(=O)OC(=O)OC(C)(C)C.CN(C)C(=O)Sc1ccc(CCCCN)cc1.CN(C)C(=O)Sc1ccc(CCCCNC(=O)OC(C)(C)C)cc1.[K+].[OH-]. The minimum Gasteiger partial charge on any atom is -0.870 e. The maximum absolute atomic E-state index is 11.6. The molecular weight excluding hydrogens is 1810 g/mol. The summed E-state index contributed by atoms with van der Waals surface area (Å²) in [6, 6.07) is 41.5. The van der Waals surface area contributed by atoms with Crippen molar-refractivity contribution in [3.63, 3.8) is 0 Å². The van der Waals surface area contributed by atoms with Crippen molar-refractivity contribution in [2.45, 2.75) is 322 Å². The maximum atomic E-state index is 11.6. The van der Waals surface area contributed by atoms with E-state index in [0.717, 1.165) is 141 Å². The van der Waals surface area contributed by atoms with E-state index < -0.39 is 40.3 Å². The third-order valence-electron chi connectivity index (χ3n) is 15.1. The zero-order chi connectivity index (χ0) is 92.9. The van der Waals surface area contributed by atoms with Crippen molar-refractivity contribution in [1.29, 1.82) is 0 Å². The monoisotopic (exact) mass is 1980 g/mol. The van der Waals surface area contributed by atoms with Gasteiger partial charge in [-0.25, -0.2) is 24.0 Å². The van der Waals surface area contributed by atoms with Gasteiger partial charge in [0.2, 0.25) is 0 Å². The number of alkyl halides is 1. The molecule has 0 aliphatic rings. The van der Waals surface area contributed by atoms with Crippen LogP contribution < -0.4 is 78.8 Å². The maximum Gasteiger partial charge on any atom is 1.00 e. The third-order valence-corrected chi connectivity index (χ3v) is 19.9. The number of hydrogen-bond donors (Lipinski definition) is 6. The van der Waals surface area contributed by atoms with Crippen LogP contribution in [-0.4, -0.2) is 179 Å². The number of Topliss-reactive ketones (excluding diaryl/α,β-unsaturated/α-hetero) is 3. The Kier molecular flexibility index (Phi) is 84.8. The average molecular weight is 1980 g/mol. The fourth-order valence-electron chi connectivity index (χ4n) is 9.19. The molecule has 5 aromatic carbocycles. The van der Waals surface area contributed by atoms with Gasteiger partial charge in [0.1, 0.15) is 45.4 Å². The molecule has 0 spiro atoms. The Morgan fingerprint density at radius 3 is 0.789 bits per heavy atom. The number of aryl methyl sites for hydroxylation is 5. The standard InChI is InChI=1S/C19H29NO3S.C18H28N2O3S.C15H23NO2S.C14H21NOS.C13H20N2OS.C10H18O5.C4H7BrO.4CH4.K.H2O/c1-15(21)12-14-24-17-10-8-16(9-11-17)7-5-6-13-20-18(22)23-19(2,3)4;1-18(2,3)23-16(21)19-13-7-6-8-14-9-11-15(12-10-14)24-17(22)20(4)5;1-15(2,3)18-14(17)16-11-5-4-6-12-7-9-13(19)10-8-12;1-12(16)9-11-17-14-7-5-13(6-8-14)4-2-3-10-15;1-15(2)13(16)17-12-8-6-11(7-9-12)5-3-4-10-14;1-9(2,3)14-7(11)13-8(12)15-10(4,5)6;1-4(6)2-3-5;;;;;;/h8-11H,5-7,12-14H2,1-4H3,(H,20,22);9-12H,6-8,13H2,1-5H3,(H,19,21);7-10,19H,4-6,11H2,1-3H3,(H,16,17);5-8H,2-4,9-11,15H2,1H3;6-9H,3-5,10,14H2,1-2H3;1-6H3;2-3H2,1H3;4*1H4;;1H2/q;;;;;;;;;;;+1;/p-1. The zero-order valence-corrected chi connectivity index (χ0v) is 87.3. The number of amides is 5. The van der Waals surface area contributed by atoms with Crippen LogP contribution in [0.4, 0.5) is 33.6 Å². The molecule has 0 aliphatic carbocycles. The molecular formula is C97H163BrKN7O17S5. The molecule has 128 heavy (non-hydrogen) atoms. The number of carbonyl (C=O) groups is 10. The van der Waals surface area contributed by atoms with E-state index in [1.807, 2.05) is 111 Å². The number of nitrogens with one attached hydrogen (secondary N) is 3. The molecule has 31 heteroatoms. The fraction of sp³-hybridized carbons (Fsp3) is 0.588. The smallest absolute Gasteiger partial charge is 0.870 e. The summed E-state index contributed by atoms with van der Waals surface area (Å²) in [5.74, 6) is 2.45. The predicted octanol–water partition coefficient (Wildman–Crippen LogP) is 22.1. The molecule has 24 nitrogen and oxygen atoms in total. The third kappa shape index (κ3) is 89.6. The Bertz CT molecular complexity index is 3740. The van der Waals surface area contributed by atoms with E-state index in [1.165, 1.54) is 61.1 Å². The summed E-state index contributed by atoms with van der Waals surface area (Å²) in [5, 5.41) is 9.17. The molecule has 5 aromatic rings. The molecule has 0 fully saturated rings. The van der Waals surface area contributed by atoms with Crippen LogP contribution in [-0.2, 0) is 74.9 Å². The van der Waals surface area contributed by atoms with Crippen LogP contribution in [0.15, 0.2) is 146 Å². The first-order chi connectivity index (χ1) is 56.9. The molecule has 0 unspecified atom stereocenters. The van der Waals surface area contributed by atoms with Gasteiger partial charge in [0.15, 0.2) is 0 Å². The molecule has 0 atom stereocenters. The number of thioether (sulfide) groups is 4. The number of alkyl carbamates (subject to hydrolysis) is 3. The van der Waals surface area contributed by atoms with Gasteiger partial charge < -0.3 is 71.1 Å². The van der Waals surface area contributed by atoms with Gasteiger partial charge >= 0.3 is 82.0 Å². The molecule has 0 heterocycles. The number of thiol groups is 1. The van der Waals surface area contributed by atoms with Crippen LogP contribution in [0.25, 0.3) is 0 Å². The summed E-state index contributed by atoms with van der Waals surface area (Å²) < 4.78 is 29.3. The summed E-state index contributed by atoms with van der Waals surface area (Å²) in [4.78, 5) is 120. The summed E-state index contributed by atoms with van der Waals surface area (Å²) in [6.45, 7) is 35.0. The number of ketones is 3. The van der Waals surface area contributed by atoms with Crippen LogP contribution >= 0.6 is 75.6 Å². The first-order valence-corrected chi connectivity index (χ1v) is 46.8. The molecule has 8 N–H and O–H groups in total. The first-order valence-electron chi connectivity index (χ1n) is 41.6. The zero-order valence-electron chi connectivity index (χ0n) is 78.4. The van der Waals surface area contributed by atoms with Crippen LogP contribution in [0, 0.1) is 0 Å². The van der Waals surface area contributed by atoms with Crippen LogP contribution in [0.3, 0.4) is 0 Å². The molecule has 5 rings (SSSR count). The van der Waals surface area contributed by atoms with Crippen molar-refractivity contribution in [1.82, 2.24) is 25.8 Å². The van der Waals surface area contributed by atoms with Gasteiger partial charge in [-0.15, -0.1) is 36.2 Å². The number of nitrogens with zero attached hydrogens (tertiary/aromatic N) is 2. The van der Waals surface area contributed by atoms with Gasteiger partial charge in [-0.1, -0.05) is 106 Å². The van der Waals surface area contributed by atoms with Crippen LogP contribution in [0.1, 0.15) is 266 Å². The van der Waals surface area contributed by atoms with Crippen LogP contribution in [0.2, 0.25) is 0 Å². The van der Waals surface area contributed by atoms with Gasteiger partial charge in [-0.05, 0) is 346 Å². The largest absolute Gasteiger partial charge is 1.00 e. The van der Waals surface area contributed by atoms with Crippen molar-refractivity contribution >= 4 is 134 Å². The van der Waals surface area contributed by atoms with E-state index in [2.05, 4.69) is 122 Å². The second kappa shape index (κ2) is 78.8. The number of halogens is 1. The number of benzene rings is 5.